The number of hydrogen-bond donors (Lipinski definition) is 1. The summed E-state index contributed by atoms with van der Waals surface area (Å²) in [7, 11) is 0. The summed E-state index contributed by atoms with van der Waals surface area (Å²) in [6.07, 6.45) is 5.47. The van der Waals surface area contributed by atoms with Gasteiger partial charge in [0.2, 0.25) is 5.82 Å². The summed E-state index contributed by atoms with van der Waals surface area (Å²) >= 11 is 0. The largest absolute Gasteiger partial charge is 0.346 e. The summed E-state index contributed by atoms with van der Waals surface area (Å²) in [5.41, 5.74) is 4.14. The number of benzene rings is 2. The van der Waals surface area contributed by atoms with Crippen molar-refractivity contribution in [3.63, 3.8) is 0 Å². The Morgan fingerprint density at radius 1 is 0.971 bits per heavy atom. The molecule has 4 rings (SSSR count). The van der Waals surface area contributed by atoms with E-state index >= 15 is 0 Å². The molecule has 1 N–H and O–H groups in total. The van der Waals surface area contributed by atoms with E-state index in [4.69, 9.17) is 5.10 Å². The van der Waals surface area contributed by atoms with Crippen molar-refractivity contribution in [1.29, 1.82) is 0 Å². The van der Waals surface area contributed by atoms with Gasteiger partial charge in [-0.2, -0.15) is 10.3 Å². The number of rotatable bonds is 11. The van der Waals surface area contributed by atoms with Crippen molar-refractivity contribution < 1.29 is 0 Å². The highest BCUT2D eigenvalue weighted by Gasteiger charge is 2.15. The van der Waals surface area contributed by atoms with Gasteiger partial charge in [-0.1, -0.05) is 82.5 Å². The van der Waals surface area contributed by atoms with Crippen LogP contribution in [-0.4, -0.2) is 35.0 Å². The third-order valence-corrected chi connectivity index (χ3v) is 5.89. The van der Waals surface area contributed by atoms with Crippen molar-refractivity contribution in [2.45, 2.75) is 66.0 Å². The first-order valence-electron chi connectivity index (χ1n) is 12.1. The highest BCUT2D eigenvalue weighted by Crippen LogP contribution is 2.24. The van der Waals surface area contributed by atoms with Gasteiger partial charge in [0, 0.05) is 18.5 Å². The van der Waals surface area contributed by atoms with Gasteiger partial charge in [0.1, 0.15) is 5.82 Å². The predicted octanol–water partition coefficient (Wildman–Crippen LogP) is 4.72. The van der Waals surface area contributed by atoms with Gasteiger partial charge in [0.15, 0.2) is 0 Å². The molecule has 0 unspecified atom stereocenters. The summed E-state index contributed by atoms with van der Waals surface area (Å²) in [5, 5.41) is 18.9. The molecular formula is C26H33N7O. The molecule has 0 aliphatic heterocycles. The number of H-pyrrole nitrogens is 1. The first-order chi connectivity index (χ1) is 16.5. The lowest BCUT2D eigenvalue weighted by Crippen LogP contribution is -2.27. The zero-order chi connectivity index (χ0) is 23.9. The van der Waals surface area contributed by atoms with Crippen molar-refractivity contribution in [2.75, 3.05) is 0 Å². The van der Waals surface area contributed by atoms with Crippen LogP contribution in [-0.2, 0) is 19.5 Å². The molecule has 34 heavy (non-hydrogen) atoms. The average Bonchev–Trinajstić information content (AvgIpc) is 3.47. The number of nitrogens with zero attached hydrogens (tertiary/aromatic N) is 6. The molecule has 178 valence electrons. The van der Waals surface area contributed by atoms with Gasteiger partial charge in [0.25, 0.3) is 0 Å². The fourth-order valence-electron chi connectivity index (χ4n) is 4.11. The van der Waals surface area contributed by atoms with Crippen LogP contribution in [0.15, 0.2) is 53.3 Å². The van der Waals surface area contributed by atoms with Crippen molar-refractivity contribution in [3.8, 4) is 22.5 Å². The standard InChI is InChI=1S/C26H33N7O/c1-4-5-6-7-11-24-29-33(17-19(2)3)26(34)32(24)18-20-12-14-21(15-13-20)22-9-8-10-23(16-22)25-27-30-31-28-25/h8-10,12-16,19H,4-7,11,17-18H2,1-3H3,(H,27,28,30,31). The lowest BCUT2D eigenvalue weighted by atomic mass is 10.0. The van der Waals surface area contributed by atoms with E-state index in [2.05, 4.69) is 77.8 Å². The van der Waals surface area contributed by atoms with E-state index < -0.39 is 0 Å². The fraction of sp³-hybridized carbons (Fsp3) is 0.423. The lowest BCUT2D eigenvalue weighted by molar-refractivity contribution is 0.465. The third-order valence-electron chi connectivity index (χ3n) is 5.89. The van der Waals surface area contributed by atoms with E-state index in [1.807, 2.05) is 16.7 Å². The molecule has 2 heterocycles. The van der Waals surface area contributed by atoms with Crippen molar-refractivity contribution >= 4 is 0 Å². The highest BCUT2D eigenvalue weighted by atomic mass is 16.2. The van der Waals surface area contributed by atoms with Crippen LogP contribution in [0.1, 0.15) is 57.8 Å². The zero-order valence-electron chi connectivity index (χ0n) is 20.2. The minimum Gasteiger partial charge on any atom is -0.274 e. The average molecular weight is 460 g/mol. The van der Waals surface area contributed by atoms with Crippen LogP contribution in [0.3, 0.4) is 0 Å². The second-order valence-corrected chi connectivity index (χ2v) is 9.18. The molecule has 8 nitrogen and oxygen atoms in total. The Morgan fingerprint density at radius 3 is 2.47 bits per heavy atom. The van der Waals surface area contributed by atoms with Crippen LogP contribution in [0, 0.1) is 5.92 Å². The van der Waals surface area contributed by atoms with E-state index in [-0.39, 0.29) is 5.69 Å². The maximum Gasteiger partial charge on any atom is 0.346 e. The molecule has 0 amide bonds. The Balaban J connectivity index is 1.54. The van der Waals surface area contributed by atoms with E-state index in [0.29, 0.717) is 24.8 Å². The summed E-state index contributed by atoms with van der Waals surface area (Å²) in [6, 6.07) is 16.4. The van der Waals surface area contributed by atoms with E-state index in [9.17, 15) is 4.79 Å². The fourth-order valence-corrected chi connectivity index (χ4v) is 4.11. The van der Waals surface area contributed by atoms with Crippen LogP contribution in [0.2, 0.25) is 0 Å². The van der Waals surface area contributed by atoms with Gasteiger partial charge in [-0.05, 0) is 40.3 Å². The van der Waals surface area contributed by atoms with Gasteiger partial charge in [-0.25, -0.2) is 9.48 Å². The normalized spacial score (nSPS) is 11.4. The monoisotopic (exact) mass is 459 g/mol. The molecule has 8 heteroatoms. The maximum absolute atomic E-state index is 13.1. The Labute approximate surface area is 200 Å². The van der Waals surface area contributed by atoms with Crippen molar-refractivity contribution in [2.24, 2.45) is 5.92 Å². The smallest absolute Gasteiger partial charge is 0.274 e. The summed E-state index contributed by atoms with van der Waals surface area (Å²) in [4.78, 5) is 13.1. The predicted molar refractivity (Wildman–Crippen MR) is 133 cm³/mol. The summed E-state index contributed by atoms with van der Waals surface area (Å²) in [6.45, 7) is 7.60. The van der Waals surface area contributed by atoms with E-state index in [0.717, 1.165) is 40.9 Å². The molecule has 0 atom stereocenters. The molecule has 0 spiro atoms. The maximum atomic E-state index is 13.1. The minimum atomic E-state index is -0.0175. The molecule has 4 aromatic rings. The van der Waals surface area contributed by atoms with Gasteiger partial charge >= 0.3 is 5.69 Å². The number of aromatic amines is 1. The van der Waals surface area contributed by atoms with Crippen LogP contribution in [0.4, 0.5) is 0 Å². The Hall–Kier alpha value is -3.55. The molecule has 0 radical (unpaired) electrons. The minimum absolute atomic E-state index is 0.0175. The number of tetrazole rings is 1. The number of hydrogen-bond acceptors (Lipinski definition) is 5. The second kappa shape index (κ2) is 11.0. The number of unbranched alkanes of at least 4 members (excludes halogenated alkanes) is 3. The first-order valence-corrected chi connectivity index (χ1v) is 12.1. The number of aromatic nitrogens is 7. The van der Waals surface area contributed by atoms with Gasteiger partial charge in [-0.15, -0.1) is 10.2 Å². The number of aryl methyl sites for hydroxylation is 1. The van der Waals surface area contributed by atoms with Gasteiger partial charge in [-0.3, -0.25) is 4.57 Å². The quantitative estimate of drug-likeness (QED) is 0.328. The first kappa shape index (κ1) is 23.6. The SMILES string of the molecule is CCCCCCc1nn(CC(C)C)c(=O)n1Cc1ccc(-c2cccc(-c3nn[nH]n3)c2)cc1. The molecule has 2 aromatic heterocycles. The lowest BCUT2D eigenvalue weighted by Gasteiger charge is -2.08. The molecule has 0 saturated heterocycles. The summed E-state index contributed by atoms with van der Waals surface area (Å²) < 4.78 is 3.48. The van der Waals surface area contributed by atoms with E-state index in [1.165, 1.54) is 19.3 Å². The molecule has 2 aromatic carbocycles. The molecular weight excluding hydrogens is 426 g/mol. The van der Waals surface area contributed by atoms with E-state index in [1.54, 1.807) is 4.68 Å². The van der Waals surface area contributed by atoms with Crippen molar-refractivity contribution in [3.05, 3.63) is 70.4 Å². The van der Waals surface area contributed by atoms with Crippen LogP contribution in [0.5, 0.6) is 0 Å². The third kappa shape index (κ3) is 5.68. The topological polar surface area (TPSA) is 94.3 Å². The molecule has 0 bridgehead atoms. The Morgan fingerprint density at radius 2 is 1.76 bits per heavy atom. The van der Waals surface area contributed by atoms with Crippen molar-refractivity contribution in [1.82, 2.24) is 35.0 Å². The van der Waals surface area contributed by atoms with Gasteiger partial charge < -0.3 is 0 Å². The van der Waals surface area contributed by atoms with Crippen LogP contribution in [0.25, 0.3) is 22.5 Å². The van der Waals surface area contributed by atoms with Gasteiger partial charge in [0.05, 0.1) is 6.54 Å². The zero-order valence-corrected chi connectivity index (χ0v) is 20.2. The molecule has 0 saturated carbocycles. The molecule has 0 aliphatic carbocycles. The number of nitrogens with one attached hydrogen (secondary N) is 1. The van der Waals surface area contributed by atoms with Crippen LogP contribution >= 0.6 is 0 Å². The molecule has 0 aliphatic rings. The molecule has 0 fully saturated rings. The summed E-state index contributed by atoms with van der Waals surface area (Å²) in [5.74, 6) is 1.83. The Kier molecular flexibility index (Phi) is 7.67. The second-order valence-electron chi connectivity index (χ2n) is 9.18. The Bertz CT molecular complexity index is 1240. The van der Waals surface area contributed by atoms with Crippen LogP contribution < -0.4 is 5.69 Å². The highest BCUT2D eigenvalue weighted by molar-refractivity contribution is 5.70.